The van der Waals surface area contributed by atoms with Gasteiger partial charge in [-0.2, -0.15) is 0 Å². The number of aliphatic hydroxyl groups excluding tert-OH is 1. The van der Waals surface area contributed by atoms with E-state index >= 15 is 0 Å². The van der Waals surface area contributed by atoms with Gasteiger partial charge in [0, 0.05) is 0 Å². The molecule has 0 aliphatic heterocycles. The first-order chi connectivity index (χ1) is 8.65. The first kappa shape index (κ1) is 16.0. The second-order valence-electron chi connectivity index (χ2n) is 4.90. The van der Waals surface area contributed by atoms with E-state index in [2.05, 4.69) is 32.0 Å². The smallest absolute Gasteiger partial charge is 0.0732 e. The molecule has 2 atom stereocenters. The van der Waals surface area contributed by atoms with Crippen LogP contribution < -0.4 is 5.73 Å². The van der Waals surface area contributed by atoms with Gasteiger partial charge in [-0.25, -0.2) is 0 Å². The highest BCUT2D eigenvalue weighted by Crippen LogP contribution is 2.28. The average Bonchev–Trinajstić information content (AvgIpc) is 2.39. The Labute approximate surface area is 121 Å². The number of halogens is 1. The molecular formula is C16H22ClNO. The second kappa shape index (κ2) is 6.90. The van der Waals surface area contributed by atoms with Gasteiger partial charge in [0.1, 0.15) is 0 Å². The first-order valence-electron chi connectivity index (χ1n) is 6.57. The number of hydrogen-bond donors (Lipinski definition) is 2. The standard InChI is InChI=1S/C16H21NO.ClH/c1-3-6-15(18)16(17)14-10-9-11(2)12-7-4-5-8-13(12)14;/h4-5,7-10,15-16,18H,3,6,17H2,1-2H3;1H/t15-,16+;/m0./s1. The molecule has 0 amide bonds. The van der Waals surface area contributed by atoms with Crippen molar-refractivity contribution < 1.29 is 5.11 Å². The van der Waals surface area contributed by atoms with E-state index < -0.39 is 6.10 Å². The quantitative estimate of drug-likeness (QED) is 0.896. The molecule has 3 heteroatoms. The number of nitrogens with two attached hydrogens (primary N) is 1. The zero-order valence-corrected chi connectivity index (χ0v) is 12.3. The van der Waals surface area contributed by atoms with Gasteiger partial charge in [0.2, 0.25) is 0 Å². The molecule has 2 aromatic rings. The van der Waals surface area contributed by atoms with Crippen LogP contribution in [0, 0.1) is 6.92 Å². The molecule has 0 bridgehead atoms. The van der Waals surface area contributed by atoms with E-state index in [4.69, 9.17) is 5.73 Å². The Bertz CT molecular complexity index is 541. The van der Waals surface area contributed by atoms with E-state index in [1.54, 1.807) is 0 Å². The number of benzene rings is 2. The lowest BCUT2D eigenvalue weighted by atomic mass is 9.92. The zero-order valence-electron chi connectivity index (χ0n) is 11.5. The lowest BCUT2D eigenvalue weighted by Gasteiger charge is -2.21. The molecule has 2 rings (SSSR count). The highest BCUT2D eigenvalue weighted by Gasteiger charge is 2.18. The van der Waals surface area contributed by atoms with E-state index in [0.717, 1.165) is 23.8 Å². The van der Waals surface area contributed by atoms with Crippen LogP contribution in [0.5, 0.6) is 0 Å². The summed E-state index contributed by atoms with van der Waals surface area (Å²) >= 11 is 0. The van der Waals surface area contributed by atoms with Crippen LogP contribution >= 0.6 is 12.4 Å². The SMILES string of the molecule is CCC[C@H](O)[C@H](N)c1ccc(C)c2ccccc12.Cl. The summed E-state index contributed by atoms with van der Waals surface area (Å²) in [5.41, 5.74) is 8.47. The molecule has 0 radical (unpaired) electrons. The van der Waals surface area contributed by atoms with Crippen molar-refractivity contribution in [2.45, 2.75) is 38.8 Å². The fourth-order valence-corrected chi connectivity index (χ4v) is 2.45. The third-order valence-corrected chi connectivity index (χ3v) is 3.53. The van der Waals surface area contributed by atoms with Crippen LogP contribution in [-0.2, 0) is 0 Å². The van der Waals surface area contributed by atoms with Gasteiger partial charge in [0.05, 0.1) is 12.1 Å². The number of fused-ring (bicyclic) bond motifs is 1. The topological polar surface area (TPSA) is 46.2 Å². The van der Waals surface area contributed by atoms with E-state index in [1.807, 2.05) is 18.2 Å². The predicted octanol–water partition coefficient (Wildman–Crippen LogP) is 3.73. The van der Waals surface area contributed by atoms with Crippen molar-refractivity contribution in [2.24, 2.45) is 5.73 Å². The normalized spacial score (nSPS) is 13.9. The third kappa shape index (κ3) is 3.27. The summed E-state index contributed by atoms with van der Waals surface area (Å²) in [5.74, 6) is 0. The number of hydrogen-bond acceptors (Lipinski definition) is 2. The van der Waals surface area contributed by atoms with Gasteiger partial charge in [-0.1, -0.05) is 49.7 Å². The van der Waals surface area contributed by atoms with Gasteiger partial charge in [0.25, 0.3) is 0 Å². The van der Waals surface area contributed by atoms with Crippen LogP contribution in [0.4, 0.5) is 0 Å². The zero-order chi connectivity index (χ0) is 13.1. The van der Waals surface area contributed by atoms with E-state index in [0.29, 0.717) is 0 Å². The highest BCUT2D eigenvalue weighted by atomic mass is 35.5. The molecule has 0 saturated carbocycles. The maximum absolute atomic E-state index is 10.1. The minimum Gasteiger partial charge on any atom is -0.391 e. The molecule has 0 aromatic heterocycles. The van der Waals surface area contributed by atoms with Crippen LogP contribution in [0.1, 0.15) is 36.9 Å². The fourth-order valence-electron chi connectivity index (χ4n) is 2.45. The van der Waals surface area contributed by atoms with Crippen molar-refractivity contribution in [2.75, 3.05) is 0 Å². The van der Waals surface area contributed by atoms with Crippen LogP contribution in [0.25, 0.3) is 10.8 Å². The monoisotopic (exact) mass is 279 g/mol. The predicted molar refractivity (Wildman–Crippen MR) is 83.8 cm³/mol. The molecule has 0 saturated heterocycles. The molecule has 0 fully saturated rings. The van der Waals surface area contributed by atoms with Crippen LogP contribution in [0.2, 0.25) is 0 Å². The Balaban J connectivity index is 0.00000180. The molecule has 0 aliphatic carbocycles. The summed E-state index contributed by atoms with van der Waals surface area (Å²) in [6.45, 7) is 4.16. The molecule has 19 heavy (non-hydrogen) atoms. The molecule has 2 nitrogen and oxygen atoms in total. The van der Waals surface area contributed by atoms with Crippen molar-refractivity contribution in [1.29, 1.82) is 0 Å². The molecule has 104 valence electrons. The molecule has 2 aromatic carbocycles. The minimum absolute atomic E-state index is 0. The highest BCUT2D eigenvalue weighted by molar-refractivity contribution is 5.89. The van der Waals surface area contributed by atoms with Crippen LogP contribution in [0.3, 0.4) is 0 Å². The van der Waals surface area contributed by atoms with E-state index in [9.17, 15) is 5.11 Å². The first-order valence-corrected chi connectivity index (χ1v) is 6.57. The fraction of sp³-hybridized carbons (Fsp3) is 0.375. The van der Waals surface area contributed by atoms with Crippen molar-refractivity contribution in [1.82, 2.24) is 0 Å². The summed E-state index contributed by atoms with van der Waals surface area (Å²) in [6, 6.07) is 12.0. The van der Waals surface area contributed by atoms with Crippen molar-refractivity contribution >= 4 is 23.2 Å². The summed E-state index contributed by atoms with van der Waals surface area (Å²) in [7, 11) is 0. The third-order valence-electron chi connectivity index (χ3n) is 3.53. The van der Waals surface area contributed by atoms with Crippen molar-refractivity contribution in [3.63, 3.8) is 0 Å². The Morgan fingerprint density at radius 2 is 1.74 bits per heavy atom. The van der Waals surface area contributed by atoms with Gasteiger partial charge < -0.3 is 10.8 Å². The summed E-state index contributed by atoms with van der Waals surface area (Å²) in [4.78, 5) is 0. The van der Waals surface area contributed by atoms with Gasteiger partial charge in [-0.15, -0.1) is 12.4 Å². The van der Waals surface area contributed by atoms with Gasteiger partial charge in [0.15, 0.2) is 0 Å². The Morgan fingerprint density at radius 1 is 1.11 bits per heavy atom. The molecular weight excluding hydrogens is 258 g/mol. The molecule has 0 heterocycles. The number of rotatable bonds is 4. The Morgan fingerprint density at radius 3 is 2.37 bits per heavy atom. The van der Waals surface area contributed by atoms with Crippen molar-refractivity contribution in [3.8, 4) is 0 Å². The number of aryl methyl sites for hydroxylation is 1. The lowest BCUT2D eigenvalue weighted by Crippen LogP contribution is -2.26. The largest absolute Gasteiger partial charge is 0.391 e. The van der Waals surface area contributed by atoms with Gasteiger partial charge in [-0.3, -0.25) is 0 Å². The molecule has 0 unspecified atom stereocenters. The van der Waals surface area contributed by atoms with Crippen LogP contribution in [0.15, 0.2) is 36.4 Å². The van der Waals surface area contributed by atoms with E-state index in [-0.39, 0.29) is 18.4 Å². The van der Waals surface area contributed by atoms with Crippen LogP contribution in [-0.4, -0.2) is 11.2 Å². The molecule has 0 aliphatic rings. The Hall–Kier alpha value is -1.09. The minimum atomic E-state index is -0.471. The second-order valence-corrected chi connectivity index (χ2v) is 4.90. The molecule has 0 spiro atoms. The maximum Gasteiger partial charge on any atom is 0.0732 e. The lowest BCUT2D eigenvalue weighted by molar-refractivity contribution is 0.135. The average molecular weight is 280 g/mol. The van der Waals surface area contributed by atoms with Gasteiger partial charge >= 0.3 is 0 Å². The van der Waals surface area contributed by atoms with Crippen molar-refractivity contribution in [3.05, 3.63) is 47.5 Å². The van der Waals surface area contributed by atoms with Gasteiger partial charge in [-0.05, 0) is 35.2 Å². The number of aliphatic hydroxyl groups is 1. The summed E-state index contributed by atoms with van der Waals surface area (Å²) in [6.07, 6.45) is 1.21. The summed E-state index contributed by atoms with van der Waals surface area (Å²) < 4.78 is 0. The Kier molecular flexibility index (Phi) is 5.80. The molecule has 3 N–H and O–H groups in total. The van der Waals surface area contributed by atoms with E-state index in [1.165, 1.54) is 10.9 Å². The summed E-state index contributed by atoms with van der Waals surface area (Å²) in [5, 5.41) is 12.4. The maximum atomic E-state index is 10.1.